The molecule has 2 aromatic rings. The number of pyridine rings is 1. The van der Waals surface area contributed by atoms with Gasteiger partial charge in [-0.1, -0.05) is 0 Å². The van der Waals surface area contributed by atoms with Crippen LogP contribution in [0.15, 0.2) is 41.5 Å². The number of aromatic nitrogens is 1. The first-order chi connectivity index (χ1) is 9.25. The lowest BCUT2D eigenvalue weighted by atomic mass is 10.1. The summed E-state index contributed by atoms with van der Waals surface area (Å²) < 4.78 is 5.06. The van der Waals surface area contributed by atoms with Gasteiger partial charge in [0, 0.05) is 36.1 Å². The SMILES string of the molecule is C[C@@H]1CCCN1C(=O)c1cncc(-c2ccoc2)c1. The molecule has 4 nitrogen and oxygen atoms in total. The molecule has 3 heterocycles. The predicted molar refractivity (Wildman–Crippen MR) is 71.7 cm³/mol. The molecule has 1 aliphatic rings. The summed E-state index contributed by atoms with van der Waals surface area (Å²) >= 11 is 0. The number of hydrogen-bond donors (Lipinski definition) is 0. The molecular formula is C15H16N2O2. The van der Waals surface area contributed by atoms with Crippen molar-refractivity contribution in [2.75, 3.05) is 6.54 Å². The van der Waals surface area contributed by atoms with E-state index in [1.165, 1.54) is 0 Å². The zero-order valence-electron chi connectivity index (χ0n) is 10.9. The zero-order chi connectivity index (χ0) is 13.2. The van der Waals surface area contributed by atoms with E-state index < -0.39 is 0 Å². The highest BCUT2D eigenvalue weighted by molar-refractivity contribution is 5.95. The molecule has 98 valence electrons. The third-order valence-electron chi connectivity index (χ3n) is 3.65. The van der Waals surface area contributed by atoms with E-state index >= 15 is 0 Å². The summed E-state index contributed by atoms with van der Waals surface area (Å²) in [5.74, 6) is 0.0721. The highest BCUT2D eigenvalue weighted by Gasteiger charge is 2.26. The molecular weight excluding hydrogens is 240 g/mol. The van der Waals surface area contributed by atoms with E-state index in [-0.39, 0.29) is 5.91 Å². The van der Waals surface area contributed by atoms with Crippen LogP contribution in [0.4, 0.5) is 0 Å². The molecule has 0 bridgehead atoms. The van der Waals surface area contributed by atoms with Crippen molar-refractivity contribution in [2.24, 2.45) is 0 Å². The molecule has 2 aromatic heterocycles. The quantitative estimate of drug-likeness (QED) is 0.829. The van der Waals surface area contributed by atoms with Crippen molar-refractivity contribution < 1.29 is 9.21 Å². The summed E-state index contributed by atoms with van der Waals surface area (Å²) in [4.78, 5) is 18.5. The van der Waals surface area contributed by atoms with Crippen molar-refractivity contribution in [3.05, 3.63) is 42.6 Å². The number of nitrogens with zero attached hydrogens (tertiary/aromatic N) is 2. The van der Waals surface area contributed by atoms with Gasteiger partial charge in [-0.15, -0.1) is 0 Å². The van der Waals surface area contributed by atoms with Crippen LogP contribution in [0.25, 0.3) is 11.1 Å². The first-order valence-corrected chi connectivity index (χ1v) is 6.54. The maximum atomic E-state index is 12.4. The molecule has 0 radical (unpaired) electrons. The van der Waals surface area contributed by atoms with Gasteiger partial charge in [0.05, 0.1) is 18.1 Å². The zero-order valence-corrected chi connectivity index (χ0v) is 10.9. The second-order valence-electron chi connectivity index (χ2n) is 4.96. The minimum Gasteiger partial charge on any atom is -0.472 e. The minimum absolute atomic E-state index is 0.0721. The van der Waals surface area contributed by atoms with Crippen LogP contribution in [0.1, 0.15) is 30.1 Å². The van der Waals surface area contributed by atoms with Crippen molar-refractivity contribution in [1.29, 1.82) is 0 Å². The number of rotatable bonds is 2. The number of carbonyl (C=O) groups excluding carboxylic acids is 1. The summed E-state index contributed by atoms with van der Waals surface area (Å²) in [6, 6.07) is 4.07. The summed E-state index contributed by atoms with van der Waals surface area (Å²) in [6.45, 7) is 2.94. The smallest absolute Gasteiger partial charge is 0.255 e. The van der Waals surface area contributed by atoms with Crippen molar-refractivity contribution in [2.45, 2.75) is 25.8 Å². The second-order valence-corrected chi connectivity index (χ2v) is 4.96. The van der Waals surface area contributed by atoms with Crippen LogP contribution >= 0.6 is 0 Å². The summed E-state index contributed by atoms with van der Waals surface area (Å²) in [5, 5.41) is 0. The van der Waals surface area contributed by atoms with Crippen LogP contribution in [-0.4, -0.2) is 28.4 Å². The van der Waals surface area contributed by atoms with Gasteiger partial charge >= 0.3 is 0 Å². The fourth-order valence-electron chi connectivity index (χ4n) is 2.54. The van der Waals surface area contributed by atoms with Crippen LogP contribution in [0.3, 0.4) is 0 Å². The lowest BCUT2D eigenvalue weighted by molar-refractivity contribution is 0.0747. The topological polar surface area (TPSA) is 46.3 Å². The molecule has 0 spiro atoms. The number of furan rings is 1. The Hall–Kier alpha value is -2.10. The molecule has 0 aliphatic carbocycles. The average molecular weight is 256 g/mol. The number of amides is 1. The Kier molecular flexibility index (Phi) is 3.07. The molecule has 19 heavy (non-hydrogen) atoms. The fourth-order valence-corrected chi connectivity index (χ4v) is 2.54. The number of carbonyl (C=O) groups is 1. The van der Waals surface area contributed by atoms with Crippen molar-refractivity contribution in [3.63, 3.8) is 0 Å². The van der Waals surface area contributed by atoms with Crippen LogP contribution in [0, 0.1) is 0 Å². The Labute approximate surface area is 112 Å². The largest absolute Gasteiger partial charge is 0.472 e. The number of hydrogen-bond acceptors (Lipinski definition) is 3. The summed E-state index contributed by atoms with van der Waals surface area (Å²) in [6.07, 6.45) is 8.82. The van der Waals surface area contributed by atoms with E-state index in [2.05, 4.69) is 11.9 Å². The van der Waals surface area contributed by atoms with Gasteiger partial charge in [0.1, 0.15) is 0 Å². The van der Waals surface area contributed by atoms with E-state index in [4.69, 9.17) is 4.42 Å². The molecule has 1 atom stereocenters. The van der Waals surface area contributed by atoms with Crippen molar-refractivity contribution in [3.8, 4) is 11.1 Å². The van der Waals surface area contributed by atoms with Crippen molar-refractivity contribution in [1.82, 2.24) is 9.88 Å². The molecule has 1 amide bonds. The predicted octanol–water partition coefficient (Wildman–Crippen LogP) is 2.97. The average Bonchev–Trinajstić information content (AvgIpc) is 3.09. The summed E-state index contributed by atoms with van der Waals surface area (Å²) in [5.41, 5.74) is 2.50. The Morgan fingerprint density at radius 3 is 3.00 bits per heavy atom. The highest BCUT2D eigenvalue weighted by Crippen LogP contribution is 2.23. The van der Waals surface area contributed by atoms with Gasteiger partial charge in [-0.05, 0) is 31.9 Å². The molecule has 1 aliphatic heterocycles. The lowest BCUT2D eigenvalue weighted by Gasteiger charge is -2.21. The minimum atomic E-state index is 0.0721. The third-order valence-corrected chi connectivity index (χ3v) is 3.65. The fraction of sp³-hybridized carbons (Fsp3) is 0.333. The van der Waals surface area contributed by atoms with E-state index in [9.17, 15) is 4.79 Å². The highest BCUT2D eigenvalue weighted by atomic mass is 16.3. The van der Waals surface area contributed by atoms with Gasteiger partial charge < -0.3 is 9.32 Å². The summed E-state index contributed by atoms with van der Waals surface area (Å²) in [7, 11) is 0. The molecule has 1 saturated heterocycles. The van der Waals surface area contributed by atoms with Gasteiger partial charge in [0.2, 0.25) is 0 Å². The first-order valence-electron chi connectivity index (χ1n) is 6.54. The second kappa shape index (κ2) is 4.88. The molecule has 0 aromatic carbocycles. The van der Waals surface area contributed by atoms with Crippen LogP contribution < -0.4 is 0 Å². The van der Waals surface area contributed by atoms with E-state index in [1.807, 2.05) is 17.0 Å². The Morgan fingerprint density at radius 2 is 2.32 bits per heavy atom. The van der Waals surface area contributed by atoms with E-state index in [0.29, 0.717) is 11.6 Å². The Morgan fingerprint density at radius 1 is 1.42 bits per heavy atom. The monoisotopic (exact) mass is 256 g/mol. The maximum absolute atomic E-state index is 12.4. The molecule has 0 N–H and O–H groups in total. The third kappa shape index (κ3) is 2.26. The van der Waals surface area contributed by atoms with Gasteiger partial charge in [0.15, 0.2) is 0 Å². The van der Waals surface area contributed by atoms with Crippen LogP contribution in [-0.2, 0) is 0 Å². The Balaban J connectivity index is 1.89. The van der Waals surface area contributed by atoms with E-state index in [1.54, 1.807) is 24.9 Å². The molecule has 3 rings (SSSR count). The normalized spacial score (nSPS) is 18.8. The number of likely N-dealkylation sites (tertiary alicyclic amines) is 1. The van der Waals surface area contributed by atoms with E-state index in [0.717, 1.165) is 30.5 Å². The first kappa shape index (κ1) is 12.0. The van der Waals surface area contributed by atoms with Gasteiger partial charge in [0.25, 0.3) is 5.91 Å². The van der Waals surface area contributed by atoms with Crippen LogP contribution in [0.5, 0.6) is 0 Å². The molecule has 0 unspecified atom stereocenters. The van der Waals surface area contributed by atoms with Gasteiger partial charge in [-0.2, -0.15) is 0 Å². The van der Waals surface area contributed by atoms with Gasteiger partial charge in [-0.25, -0.2) is 0 Å². The molecule has 0 saturated carbocycles. The van der Waals surface area contributed by atoms with Gasteiger partial charge in [-0.3, -0.25) is 9.78 Å². The van der Waals surface area contributed by atoms with Crippen molar-refractivity contribution >= 4 is 5.91 Å². The standard InChI is InChI=1S/C15H16N2O2/c1-11-3-2-5-17(11)15(18)14-7-13(8-16-9-14)12-4-6-19-10-12/h4,6-11H,2-3,5H2,1H3/t11-/m1/s1. The Bertz CT molecular complexity index is 578. The van der Waals surface area contributed by atoms with Crippen LogP contribution in [0.2, 0.25) is 0 Å². The molecule has 1 fully saturated rings. The lowest BCUT2D eigenvalue weighted by Crippen LogP contribution is -2.33. The maximum Gasteiger partial charge on any atom is 0.255 e. The molecule has 4 heteroatoms.